The summed E-state index contributed by atoms with van der Waals surface area (Å²) in [6.45, 7) is 5.26. The molecule has 0 spiro atoms. The van der Waals surface area contributed by atoms with Crippen molar-refractivity contribution in [1.29, 1.82) is 0 Å². The van der Waals surface area contributed by atoms with Crippen LogP contribution in [0.15, 0.2) is 0 Å². The van der Waals surface area contributed by atoms with Crippen LogP contribution in [0.4, 0.5) is 0 Å². The molecule has 2 rings (SSSR count). The van der Waals surface area contributed by atoms with Gasteiger partial charge in [-0.2, -0.15) is 17.0 Å². The lowest BCUT2D eigenvalue weighted by Crippen LogP contribution is -2.53. The zero-order valence-electron chi connectivity index (χ0n) is 11.4. The van der Waals surface area contributed by atoms with Crippen LogP contribution >= 0.6 is 0 Å². The Morgan fingerprint density at radius 3 is 2.67 bits per heavy atom. The van der Waals surface area contributed by atoms with Gasteiger partial charge in [0.25, 0.3) is 10.2 Å². The van der Waals surface area contributed by atoms with Crippen LogP contribution in [0.1, 0.15) is 32.6 Å². The third kappa shape index (κ3) is 3.04. The summed E-state index contributed by atoms with van der Waals surface area (Å²) in [5.41, 5.74) is 0. The lowest BCUT2D eigenvalue weighted by Gasteiger charge is -2.37. The first-order chi connectivity index (χ1) is 8.51. The number of hydrogen-bond acceptors (Lipinski definition) is 3. The molecule has 2 fully saturated rings. The molecule has 0 radical (unpaired) electrons. The fourth-order valence-corrected chi connectivity index (χ4v) is 4.59. The number of nitrogens with one attached hydrogen (secondary N) is 1. The minimum Gasteiger partial charge on any atom is -0.315 e. The normalized spacial score (nSPS) is 31.7. The zero-order valence-corrected chi connectivity index (χ0v) is 12.2. The fraction of sp³-hybridized carbons (Fsp3) is 1.00. The predicted octanol–water partition coefficient (Wildman–Crippen LogP) is 0.647. The van der Waals surface area contributed by atoms with E-state index in [1.165, 1.54) is 0 Å². The van der Waals surface area contributed by atoms with E-state index in [2.05, 4.69) is 12.2 Å². The summed E-state index contributed by atoms with van der Waals surface area (Å²) in [6, 6.07) is 0.112. The van der Waals surface area contributed by atoms with Gasteiger partial charge in [0.15, 0.2) is 0 Å². The van der Waals surface area contributed by atoms with Gasteiger partial charge in [-0.05, 0) is 38.1 Å². The molecule has 0 bridgehead atoms. The Labute approximate surface area is 111 Å². The summed E-state index contributed by atoms with van der Waals surface area (Å²) in [6.07, 6.45) is 4.14. The zero-order chi connectivity index (χ0) is 13.2. The molecule has 0 aromatic carbocycles. The number of rotatable bonds is 3. The molecular formula is C12H25N3O2S. The van der Waals surface area contributed by atoms with Crippen LogP contribution in [0.2, 0.25) is 0 Å². The van der Waals surface area contributed by atoms with Gasteiger partial charge in [-0.15, -0.1) is 0 Å². The summed E-state index contributed by atoms with van der Waals surface area (Å²) in [7, 11) is -1.54. The molecule has 2 heterocycles. The molecule has 0 amide bonds. The van der Waals surface area contributed by atoms with Crippen molar-refractivity contribution in [1.82, 2.24) is 13.9 Å². The van der Waals surface area contributed by atoms with E-state index in [1.54, 1.807) is 15.7 Å². The topological polar surface area (TPSA) is 52.7 Å². The Kier molecular flexibility index (Phi) is 4.64. The first kappa shape index (κ1) is 14.2. The summed E-state index contributed by atoms with van der Waals surface area (Å²) in [5, 5.41) is 3.27. The highest BCUT2D eigenvalue weighted by molar-refractivity contribution is 7.86. The van der Waals surface area contributed by atoms with E-state index in [-0.39, 0.29) is 6.04 Å². The molecule has 0 aliphatic carbocycles. The predicted molar refractivity (Wildman–Crippen MR) is 72.5 cm³/mol. The third-order valence-corrected chi connectivity index (χ3v) is 6.11. The van der Waals surface area contributed by atoms with Crippen molar-refractivity contribution in [3.8, 4) is 0 Å². The van der Waals surface area contributed by atoms with E-state index < -0.39 is 10.2 Å². The van der Waals surface area contributed by atoms with Crippen LogP contribution in [0, 0.1) is 5.92 Å². The van der Waals surface area contributed by atoms with Gasteiger partial charge in [0.2, 0.25) is 0 Å². The van der Waals surface area contributed by atoms with Crippen molar-refractivity contribution in [2.75, 3.05) is 33.2 Å². The molecule has 18 heavy (non-hydrogen) atoms. The minimum absolute atomic E-state index is 0.112. The van der Waals surface area contributed by atoms with E-state index >= 15 is 0 Å². The van der Waals surface area contributed by atoms with Crippen molar-refractivity contribution >= 4 is 10.2 Å². The van der Waals surface area contributed by atoms with Crippen molar-refractivity contribution in [2.45, 2.75) is 38.6 Å². The smallest absolute Gasteiger partial charge is 0.282 e. The monoisotopic (exact) mass is 275 g/mol. The third-order valence-electron chi connectivity index (χ3n) is 4.10. The Bertz CT molecular complexity index is 366. The number of nitrogens with zero attached hydrogens (tertiary/aromatic N) is 2. The molecule has 5 nitrogen and oxygen atoms in total. The largest absolute Gasteiger partial charge is 0.315 e. The Morgan fingerprint density at radius 2 is 2.06 bits per heavy atom. The van der Waals surface area contributed by atoms with E-state index in [9.17, 15) is 8.42 Å². The van der Waals surface area contributed by atoms with Crippen LogP contribution in [0.3, 0.4) is 0 Å². The molecule has 0 aromatic heterocycles. The van der Waals surface area contributed by atoms with Crippen molar-refractivity contribution < 1.29 is 8.42 Å². The molecule has 2 saturated heterocycles. The lowest BCUT2D eigenvalue weighted by atomic mass is 10.0. The summed E-state index contributed by atoms with van der Waals surface area (Å²) in [4.78, 5) is 0. The number of hydrogen-bond donors (Lipinski definition) is 1. The average Bonchev–Trinajstić information content (AvgIpc) is 2.39. The number of piperidine rings is 2. The second kappa shape index (κ2) is 5.86. The van der Waals surface area contributed by atoms with Crippen LogP contribution in [0.5, 0.6) is 0 Å². The molecule has 2 atom stereocenters. The maximum absolute atomic E-state index is 12.6. The summed E-state index contributed by atoms with van der Waals surface area (Å²) < 4.78 is 28.4. The Morgan fingerprint density at radius 1 is 1.28 bits per heavy atom. The quantitative estimate of drug-likeness (QED) is 0.823. The van der Waals surface area contributed by atoms with Crippen molar-refractivity contribution in [3.63, 3.8) is 0 Å². The molecule has 1 N–H and O–H groups in total. The molecule has 0 saturated carbocycles. The van der Waals surface area contributed by atoms with E-state index in [1.807, 2.05) is 0 Å². The standard InChI is InChI=1S/C12H25N3O2S/c1-11-5-4-8-15(10-11)18(16,17)14(2)12-6-3-7-13-9-12/h11-13H,3-10H2,1-2H3. The highest BCUT2D eigenvalue weighted by Gasteiger charge is 2.34. The van der Waals surface area contributed by atoms with Gasteiger partial charge in [0.1, 0.15) is 0 Å². The molecule has 2 unspecified atom stereocenters. The van der Waals surface area contributed by atoms with Crippen LogP contribution in [-0.2, 0) is 10.2 Å². The van der Waals surface area contributed by atoms with Crippen molar-refractivity contribution in [3.05, 3.63) is 0 Å². The van der Waals surface area contributed by atoms with Crippen molar-refractivity contribution in [2.24, 2.45) is 5.92 Å². The van der Waals surface area contributed by atoms with Gasteiger partial charge < -0.3 is 5.32 Å². The lowest BCUT2D eigenvalue weighted by molar-refractivity contribution is 0.237. The van der Waals surface area contributed by atoms with E-state index in [4.69, 9.17) is 0 Å². The molecule has 6 heteroatoms. The molecular weight excluding hydrogens is 250 g/mol. The highest BCUT2D eigenvalue weighted by atomic mass is 32.2. The molecule has 2 aliphatic rings. The van der Waals surface area contributed by atoms with Crippen LogP contribution in [0.25, 0.3) is 0 Å². The van der Waals surface area contributed by atoms with Gasteiger partial charge >= 0.3 is 0 Å². The fourth-order valence-electron chi connectivity index (χ4n) is 2.87. The van der Waals surface area contributed by atoms with Gasteiger partial charge in [0.05, 0.1) is 0 Å². The van der Waals surface area contributed by atoms with Gasteiger partial charge in [-0.25, -0.2) is 0 Å². The Balaban J connectivity index is 2.04. The maximum atomic E-state index is 12.6. The second-order valence-corrected chi connectivity index (χ2v) is 7.62. The first-order valence-corrected chi connectivity index (χ1v) is 8.35. The van der Waals surface area contributed by atoms with Gasteiger partial charge in [-0.1, -0.05) is 6.92 Å². The molecule has 106 valence electrons. The highest BCUT2D eigenvalue weighted by Crippen LogP contribution is 2.22. The minimum atomic E-state index is -3.27. The maximum Gasteiger partial charge on any atom is 0.282 e. The van der Waals surface area contributed by atoms with E-state index in [0.29, 0.717) is 19.0 Å². The summed E-state index contributed by atoms with van der Waals surface area (Å²) in [5.74, 6) is 0.478. The van der Waals surface area contributed by atoms with E-state index in [0.717, 1.165) is 38.8 Å². The van der Waals surface area contributed by atoms with Gasteiger partial charge in [0, 0.05) is 32.7 Å². The van der Waals surface area contributed by atoms with Crippen LogP contribution < -0.4 is 5.32 Å². The molecule has 0 aromatic rings. The van der Waals surface area contributed by atoms with Gasteiger partial charge in [-0.3, -0.25) is 0 Å². The Hall–Kier alpha value is -0.170. The summed E-state index contributed by atoms with van der Waals surface area (Å²) >= 11 is 0. The SMILES string of the molecule is CC1CCCN(S(=O)(=O)N(C)C2CCCNC2)C1. The average molecular weight is 275 g/mol. The van der Waals surface area contributed by atoms with Crippen LogP contribution in [-0.4, -0.2) is 56.3 Å². The number of likely N-dealkylation sites (N-methyl/N-ethyl adjacent to an activating group) is 1. The second-order valence-electron chi connectivity index (χ2n) is 5.63. The first-order valence-electron chi connectivity index (χ1n) is 6.95. The molecule has 2 aliphatic heterocycles.